The summed E-state index contributed by atoms with van der Waals surface area (Å²) in [4.78, 5) is 0. The summed E-state index contributed by atoms with van der Waals surface area (Å²) in [5.74, 6) is 0. The zero-order valence-corrected chi connectivity index (χ0v) is 15.5. The third kappa shape index (κ3) is 3.06. The van der Waals surface area contributed by atoms with Crippen LogP contribution in [-0.4, -0.2) is 18.3 Å². The minimum atomic E-state index is -0.0418. The number of fused-ring (bicyclic) bond motifs is 4. The summed E-state index contributed by atoms with van der Waals surface area (Å²) in [5.41, 5.74) is 3.66. The summed E-state index contributed by atoms with van der Waals surface area (Å²) in [6.07, 6.45) is 0.874. The van der Waals surface area contributed by atoms with Gasteiger partial charge in [-0.1, -0.05) is 67.6 Å². The van der Waals surface area contributed by atoms with E-state index in [0.717, 1.165) is 6.42 Å². The van der Waals surface area contributed by atoms with E-state index < -0.39 is 0 Å². The van der Waals surface area contributed by atoms with Crippen molar-refractivity contribution >= 4 is 10.8 Å². The Morgan fingerprint density at radius 1 is 0.963 bits per heavy atom. The molecule has 2 aliphatic heterocycles. The van der Waals surface area contributed by atoms with Crippen LogP contribution >= 0.6 is 0 Å². The van der Waals surface area contributed by atoms with Crippen molar-refractivity contribution in [3.8, 4) is 0 Å². The first kappa shape index (κ1) is 16.9. The van der Waals surface area contributed by atoms with Crippen molar-refractivity contribution in [2.75, 3.05) is 0 Å². The SMILES string of the molecule is CC[C@H]1O[C@@H]2c3ccccc3CO[C@@H]2[C@H]1OCc1ccc2ccccc2c1. The molecule has 0 N–H and O–H groups in total. The molecule has 2 aliphatic rings. The van der Waals surface area contributed by atoms with Crippen LogP contribution in [0.4, 0.5) is 0 Å². The zero-order valence-electron chi connectivity index (χ0n) is 15.5. The maximum atomic E-state index is 6.38. The Morgan fingerprint density at radius 2 is 1.78 bits per heavy atom. The van der Waals surface area contributed by atoms with Crippen molar-refractivity contribution in [2.24, 2.45) is 0 Å². The van der Waals surface area contributed by atoms with Crippen LogP contribution in [0.25, 0.3) is 10.8 Å². The standard InChI is InChI=1S/C24H24O3/c1-2-21-23(24-22(27-21)20-10-6-5-9-19(20)15-26-24)25-14-16-11-12-17-7-3-4-8-18(17)13-16/h3-13,21-24H,2,14-15H2,1H3/t21-,22-,23+,24+/m1/s1. The van der Waals surface area contributed by atoms with Gasteiger partial charge in [-0.15, -0.1) is 0 Å². The lowest BCUT2D eigenvalue weighted by Gasteiger charge is -2.30. The van der Waals surface area contributed by atoms with Gasteiger partial charge in [0.1, 0.15) is 18.3 Å². The van der Waals surface area contributed by atoms with Crippen molar-refractivity contribution in [2.45, 2.75) is 51.0 Å². The summed E-state index contributed by atoms with van der Waals surface area (Å²) in [6, 6.07) is 23.4. The van der Waals surface area contributed by atoms with Gasteiger partial charge in [0.15, 0.2) is 0 Å². The van der Waals surface area contributed by atoms with Gasteiger partial charge in [0, 0.05) is 0 Å². The highest BCUT2D eigenvalue weighted by atomic mass is 16.6. The molecule has 4 atom stereocenters. The average Bonchev–Trinajstić information content (AvgIpc) is 3.10. The molecular formula is C24H24O3. The Bertz CT molecular complexity index is 951. The molecule has 1 saturated heterocycles. The summed E-state index contributed by atoms with van der Waals surface area (Å²) >= 11 is 0. The molecule has 0 radical (unpaired) electrons. The summed E-state index contributed by atoms with van der Waals surface area (Å²) in [7, 11) is 0. The van der Waals surface area contributed by atoms with Gasteiger partial charge in [0.05, 0.1) is 19.3 Å². The van der Waals surface area contributed by atoms with Gasteiger partial charge in [-0.25, -0.2) is 0 Å². The van der Waals surface area contributed by atoms with Crippen LogP contribution < -0.4 is 0 Å². The third-order valence-corrected chi connectivity index (χ3v) is 5.76. The van der Waals surface area contributed by atoms with E-state index in [-0.39, 0.29) is 24.4 Å². The Morgan fingerprint density at radius 3 is 2.67 bits per heavy atom. The normalized spacial score (nSPS) is 26.7. The van der Waals surface area contributed by atoms with E-state index in [1.165, 1.54) is 27.5 Å². The van der Waals surface area contributed by atoms with E-state index in [0.29, 0.717) is 13.2 Å². The molecule has 3 nitrogen and oxygen atoms in total. The lowest BCUT2D eigenvalue weighted by Crippen LogP contribution is -2.37. The Labute approximate surface area is 159 Å². The number of hydrogen-bond donors (Lipinski definition) is 0. The molecule has 138 valence electrons. The van der Waals surface area contributed by atoms with Gasteiger partial charge in [0.25, 0.3) is 0 Å². The first-order valence-corrected chi connectivity index (χ1v) is 9.77. The van der Waals surface area contributed by atoms with Crippen LogP contribution in [0.5, 0.6) is 0 Å². The van der Waals surface area contributed by atoms with E-state index in [9.17, 15) is 0 Å². The fourth-order valence-corrected chi connectivity index (χ4v) is 4.34. The molecule has 0 spiro atoms. The van der Waals surface area contributed by atoms with Gasteiger partial charge in [-0.2, -0.15) is 0 Å². The van der Waals surface area contributed by atoms with Gasteiger partial charge in [-0.05, 0) is 39.9 Å². The second-order valence-electron chi connectivity index (χ2n) is 7.43. The summed E-state index contributed by atoms with van der Waals surface area (Å²) < 4.78 is 18.9. The monoisotopic (exact) mass is 360 g/mol. The van der Waals surface area contributed by atoms with Crippen LogP contribution in [-0.2, 0) is 27.4 Å². The van der Waals surface area contributed by atoms with Crippen LogP contribution in [0.3, 0.4) is 0 Å². The molecule has 0 saturated carbocycles. The first-order valence-electron chi connectivity index (χ1n) is 9.77. The molecule has 0 aliphatic carbocycles. The second kappa shape index (κ2) is 7.08. The molecule has 2 heterocycles. The molecule has 0 bridgehead atoms. The van der Waals surface area contributed by atoms with Crippen molar-refractivity contribution in [1.82, 2.24) is 0 Å². The largest absolute Gasteiger partial charge is 0.368 e. The van der Waals surface area contributed by atoms with Gasteiger partial charge >= 0.3 is 0 Å². The van der Waals surface area contributed by atoms with E-state index in [1.807, 2.05) is 0 Å². The Hall–Kier alpha value is -2.20. The highest BCUT2D eigenvalue weighted by Crippen LogP contribution is 2.43. The van der Waals surface area contributed by atoms with Crippen molar-refractivity contribution in [3.63, 3.8) is 0 Å². The molecule has 3 aromatic carbocycles. The second-order valence-corrected chi connectivity index (χ2v) is 7.43. The zero-order chi connectivity index (χ0) is 18.2. The van der Waals surface area contributed by atoms with E-state index in [2.05, 4.69) is 73.7 Å². The van der Waals surface area contributed by atoms with Crippen LogP contribution in [0.1, 0.15) is 36.1 Å². The minimum Gasteiger partial charge on any atom is -0.368 e. The molecule has 5 rings (SSSR count). The molecule has 0 aromatic heterocycles. The Kier molecular flexibility index (Phi) is 4.44. The predicted molar refractivity (Wildman–Crippen MR) is 105 cm³/mol. The smallest absolute Gasteiger partial charge is 0.117 e. The van der Waals surface area contributed by atoms with Gasteiger partial charge < -0.3 is 14.2 Å². The van der Waals surface area contributed by atoms with Crippen molar-refractivity contribution in [1.29, 1.82) is 0 Å². The maximum absolute atomic E-state index is 6.38. The van der Waals surface area contributed by atoms with Crippen LogP contribution in [0.2, 0.25) is 0 Å². The molecule has 27 heavy (non-hydrogen) atoms. The predicted octanol–water partition coefficient (Wildman–Crippen LogP) is 5.17. The highest BCUT2D eigenvalue weighted by Gasteiger charge is 2.48. The highest BCUT2D eigenvalue weighted by molar-refractivity contribution is 5.82. The molecule has 3 aromatic rings. The van der Waals surface area contributed by atoms with E-state index >= 15 is 0 Å². The lowest BCUT2D eigenvalue weighted by molar-refractivity contribution is -0.0861. The number of benzene rings is 3. The number of ether oxygens (including phenoxy) is 3. The van der Waals surface area contributed by atoms with E-state index in [1.54, 1.807) is 0 Å². The van der Waals surface area contributed by atoms with Gasteiger partial charge in [0.2, 0.25) is 0 Å². The number of rotatable bonds is 4. The molecule has 0 amide bonds. The molecule has 0 unspecified atom stereocenters. The topological polar surface area (TPSA) is 27.7 Å². The maximum Gasteiger partial charge on any atom is 0.117 e. The Balaban J connectivity index is 1.36. The number of hydrogen-bond acceptors (Lipinski definition) is 3. The fraction of sp³-hybridized carbons (Fsp3) is 0.333. The first-order chi connectivity index (χ1) is 13.3. The molecule has 1 fully saturated rings. The van der Waals surface area contributed by atoms with E-state index in [4.69, 9.17) is 14.2 Å². The minimum absolute atomic E-state index is 0.0264. The lowest BCUT2D eigenvalue weighted by atomic mass is 9.94. The quantitative estimate of drug-likeness (QED) is 0.642. The third-order valence-electron chi connectivity index (χ3n) is 5.76. The summed E-state index contributed by atoms with van der Waals surface area (Å²) in [6.45, 7) is 3.36. The van der Waals surface area contributed by atoms with Crippen LogP contribution in [0, 0.1) is 0 Å². The van der Waals surface area contributed by atoms with Crippen LogP contribution in [0.15, 0.2) is 66.7 Å². The molecule has 3 heteroatoms. The average molecular weight is 360 g/mol. The molecular weight excluding hydrogens is 336 g/mol. The van der Waals surface area contributed by atoms with Crippen molar-refractivity contribution in [3.05, 3.63) is 83.4 Å². The van der Waals surface area contributed by atoms with Gasteiger partial charge in [-0.3, -0.25) is 0 Å². The van der Waals surface area contributed by atoms with Crippen molar-refractivity contribution < 1.29 is 14.2 Å². The summed E-state index contributed by atoms with van der Waals surface area (Å²) in [5, 5.41) is 2.50. The fourth-order valence-electron chi connectivity index (χ4n) is 4.34.